The summed E-state index contributed by atoms with van der Waals surface area (Å²) < 4.78 is 5.30. The summed E-state index contributed by atoms with van der Waals surface area (Å²) in [6, 6.07) is 15.0. The van der Waals surface area contributed by atoms with E-state index in [0.717, 1.165) is 30.0 Å². The molecule has 0 bridgehead atoms. The van der Waals surface area contributed by atoms with Crippen molar-refractivity contribution in [2.24, 2.45) is 5.92 Å². The molecule has 0 aliphatic carbocycles. The normalized spacial score (nSPS) is 15.6. The first kappa shape index (κ1) is 15.8. The van der Waals surface area contributed by atoms with Gasteiger partial charge in [-0.25, -0.2) is 0 Å². The molecule has 1 unspecified atom stereocenters. The molecule has 2 aromatic carbocycles. The number of nitrogens with one attached hydrogen (secondary N) is 2. The van der Waals surface area contributed by atoms with E-state index in [1.165, 1.54) is 0 Å². The van der Waals surface area contributed by atoms with Crippen molar-refractivity contribution < 1.29 is 9.53 Å². The zero-order valence-electron chi connectivity index (χ0n) is 12.9. The SMILES string of the molecule is COc1cccc(C(NC(=O)C2CNC2)c2ccccc2Cl)c1. The van der Waals surface area contributed by atoms with Gasteiger partial charge >= 0.3 is 0 Å². The summed E-state index contributed by atoms with van der Waals surface area (Å²) >= 11 is 6.36. The maximum Gasteiger partial charge on any atom is 0.226 e. The second-order valence-electron chi connectivity index (χ2n) is 5.59. The first-order valence-corrected chi connectivity index (χ1v) is 7.96. The van der Waals surface area contributed by atoms with Crippen LogP contribution in [-0.2, 0) is 4.79 Å². The number of carbonyl (C=O) groups is 1. The van der Waals surface area contributed by atoms with Crippen LogP contribution in [0.25, 0.3) is 0 Å². The van der Waals surface area contributed by atoms with Crippen LogP contribution in [0.3, 0.4) is 0 Å². The average Bonchev–Trinajstić information content (AvgIpc) is 2.52. The van der Waals surface area contributed by atoms with Crippen LogP contribution in [0, 0.1) is 5.92 Å². The van der Waals surface area contributed by atoms with Gasteiger partial charge in [-0.2, -0.15) is 0 Å². The molecule has 120 valence electrons. The van der Waals surface area contributed by atoms with E-state index >= 15 is 0 Å². The van der Waals surface area contributed by atoms with Crippen LogP contribution < -0.4 is 15.4 Å². The summed E-state index contributed by atoms with van der Waals surface area (Å²) in [7, 11) is 1.63. The third-order valence-electron chi connectivity index (χ3n) is 4.08. The quantitative estimate of drug-likeness (QED) is 0.886. The van der Waals surface area contributed by atoms with E-state index in [1.807, 2.05) is 48.5 Å². The Bertz CT molecular complexity index is 701. The number of ether oxygens (including phenoxy) is 1. The molecule has 0 spiro atoms. The van der Waals surface area contributed by atoms with Crippen molar-refractivity contribution in [2.75, 3.05) is 20.2 Å². The highest BCUT2D eigenvalue weighted by Gasteiger charge is 2.28. The zero-order chi connectivity index (χ0) is 16.2. The lowest BCUT2D eigenvalue weighted by atomic mass is 9.96. The topological polar surface area (TPSA) is 50.4 Å². The van der Waals surface area contributed by atoms with Crippen LogP contribution in [0.5, 0.6) is 5.75 Å². The lowest BCUT2D eigenvalue weighted by Gasteiger charge is -2.29. The molecule has 1 saturated heterocycles. The summed E-state index contributed by atoms with van der Waals surface area (Å²) in [5.74, 6) is 0.807. The number of benzene rings is 2. The Hall–Kier alpha value is -2.04. The average molecular weight is 331 g/mol. The second kappa shape index (κ2) is 7.02. The molecule has 4 nitrogen and oxygen atoms in total. The molecule has 2 aromatic rings. The summed E-state index contributed by atoms with van der Waals surface area (Å²) in [6.45, 7) is 1.44. The van der Waals surface area contributed by atoms with Crippen LogP contribution in [0.4, 0.5) is 0 Å². The lowest BCUT2D eigenvalue weighted by Crippen LogP contribution is -2.51. The Balaban J connectivity index is 1.95. The highest BCUT2D eigenvalue weighted by Crippen LogP contribution is 2.30. The predicted molar refractivity (Wildman–Crippen MR) is 90.8 cm³/mol. The summed E-state index contributed by atoms with van der Waals surface area (Å²) in [5, 5.41) is 6.87. The Labute approximate surface area is 140 Å². The third kappa shape index (κ3) is 3.49. The minimum absolute atomic E-state index is 0.0191. The van der Waals surface area contributed by atoms with E-state index in [2.05, 4.69) is 10.6 Å². The highest BCUT2D eigenvalue weighted by molar-refractivity contribution is 6.31. The molecule has 1 fully saturated rings. The maximum absolute atomic E-state index is 12.4. The second-order valence-corrected chi connectivity index (χ2v) is 6.00. The highest BCUT2D eigenvalue weighted by atomic mass is 35.5. The summed E-state index contributed by atoms with van der Waals surface area (Å²) in [6.07, 6.45) is 0. The minimum atomic E-state index is -0.299. The number of carbonyl (C=O) groups excluding carboxylic acids is 1. The Kier molecular flexibility index (Phi) is 4.84. The number of hydrogen-bond donors (Lipinski definition) is 2. The van der Waals surface area contributed by atoms with Gasteiger partial charge in [0.25, 0.3) is 0 Å². The van der Waals surface area contributed by atoms with Crippen molar-refractivity contribution in [3.8, 4) is 5.75 Å². The van der Waals surface area contributed by atoms with Gasteiger partial charge in [-0.05, 0) is 29.3 Å². The van der Waals surface area contributed by atoms with E-state index in [4.69, 9.17) is 16.3 Å². The first-order valence-electron chi connectivity index (χ1n) is 7.58. The monoisotopic (exact) mass is 330 g/mol. The molecule has 1 amide bonds. The molecular formula is C18H19ClN2O2. The van der Waals surface area contributed by atoms with Crippen LogP contribution in [0.15, 0.2) is 48.5 Å². The van der Waals surface area contributed by atoms with Gasteiger partial charge in [0.15, 0.2) is 0 Å². The van der Waals surface area contributed by atoms with Gasteiger partial charge in [0, 0.05) is 18.1 Å². The molecule has 1 aliphatic rings. The Morgan fingerprint density at radius 1 is 1.26 bits per heavy atom. The van der Waals surface area contributed by atoms with Crippen LogP contribution >= 0.6 is 11.6 Å². The number of methoxy groups -OCH3 is 1. The fraction of sp³-hybridized carbons (Fsp3) is 0.278. The van der Waals surface area contributed by atoms with Gasteiger partial charge in [0.2, 0.25) is 5.91 Å². The van der Waals surface area contributed by atoms with Gasteiger partial charge in [0.05, 0.1) is 19.1 Å². The van der Waals surface area contributed by atoms with Crippen molar-refractivity contribution in [1.82, 2.24) is 10.6 Å². The largest absolute Gasteiger partial charge is 0.497 e. The molecule has 5 heteroatoms. The molecule has 0 radical (unpaired) electrons. The van der Waals surface area contributed by atoms with Gasteiger partial charge in [-0.1, -0.05) is 41.9 Å². The van der Waals surface area contributed by atoms with Crippen molar-refractivity contribution >= 4 is 17.5 Å². The summed E-state index contributed by atoms with van der Waals surface area (Å²) in [4.78, 5) is 12.4. The molecule has 1 aliphatic heterocycles. The van der Waals surface area contributed by atoms with Gasteiger partial charge < -0.3 is 15.4 Å². The molecule has 1 heterocycles. The van der Waals surface area contributed by atoms with Crippen molar-refractivity contribution in [2.45, 2.75) is 6.04 Å². The summed E-state index contributed by atoms with van der Waals surface area (Å²) in [5.41, 5.74) is 1.82. The molecule has 3 rings (SSSR count). The Morgan fingerprint density at radius 2 is 2.04 bits per heavy atom. The van der Waals surface area contributed by atoms with Gasteiger partial charge in [-0.3, -0.25) is 4.79 Å². The fourth-order valence-corrected chi connectivity index (χ4v) is 2.85. The smallest absolute Gasteiger partial charge is 0.226 e. The van der Waals surface area contributed by atoms with Crippen molar-refractivity contribution in [1.29, 1.82) is 0 Å². The first-order chi connectivity index (χ1) is 11.2. The zero-order valence-corrected chi connectivity index (χ0v) is 13.6. The molecule has 2 N–H and O–H groups in total. The maximum atomic E-state index is 12.4. The standard InChI is InChI=1S/C18H19ClN2O2/c1-23-14-6-4-5-12(9-14)17(15-7-2-3-8-16(15)19)21-18(22)13-10-20-11-13/h2-9,13,17,20H,10-11H2,1H3,(H,21,22). The lowest BCUT2D eigenvalue weighted by molar-refractivity contribution is -0.126. The molecule has 0 aromatic heterocycles. The van der Waals surface area contributed by atoms with Gasteiger partial charge in [0.1, 0.15) is 5.75 Å². The van der Waals surface area contributed by atoms with Crippen LogP contribution in [-0.4, -0.2) is 26.1 Å². The Morgan fingerprint density at radius 3 is 2.70 bits per heavy atom. The molecular weight excluding hydrogens is 312 g/mol. The molecule has 0 saturated carbocycles. The number of halogens is 1. The van der Waals surface area contributed by atoms with Crippen LogP contribution in [0.2, 0.25) is 5.02 Å². The van der Waals surface area contributed by atoms with Crippen molar-refractivity contribution in [3.05, 3.63) is 64.7 Å². The van der Waals surface area contributed by atoms with Crippen molar-refractivity contribution in [3.63, 3.8) is 0 Å². The molecule has 23 heavy (non-hydrogen) atoms. The minimum Gasteiger partial charge on any atom is -0.497 e. The van der Waals surface area contributed by atoms with Gasteiger partial charge in [-0.15, -0.1) is 0 Å². The van der Waals surface area contributed by atoms with E-state index in [-0.39, 0.29) is 17.9 Å². The number of rotatable bonds is 5. The third-order valence-corrected chi connectivity index (χ3v) is 4.43. The number of hydrogen-bond acceptors (Lipinski definition) is 3. The van der Waals surface area contributed by atoms with E-state index in [1.54, 1.807) is 7.11 Å². The predicted octanol–water partition coefficient (Wildman–Crippen LogP) is 2.77. The van der Waals surface area contributed by atoms with E-state index in [9.17, 15) is 4.79 Å². The van der Waals surface area contributed by atoms with E-state index < -0.39 is 0 Å². The van der Waals surface area contributed by atoms with E-state index in [0.29, 0.717) is 5.02 Å². The molecule has 1 atom stereocenters. The van der Waals surface area contributed by atoms with Crippen LogP contribution in [0.1, 0.15) is 17.2 Å². The number of amides is 1. The fourth-order valence-electron chi connectivity index (χ4n) is 2.61.